The van der Waals surface area contributed by atoms with Crippen molar-refractivity contribution in [2.75, 3.05) is 20.2 Å². The summed E-state index contributed by atoms with van der Waals surface area (Å²) < 4.78 is 5.12. The molecule has 1 atom stereocenters. The number of carbonyl (C=O) groups is 1. The van der Waals surface area contributed by atoms with E-state index in [1.807, 2.05) is 12.1 Å². The van der Waals surface area contributed by atoms with E-state index < -0.39 is 5.97 Å². The van der Waals surface area contributed by atoms with Gasteiger partial charge in [-0.15, -0.1) is 0 Å². The van der Waals surface area contributed by atoms with Crippen molar-refractivity contribution < 1.29 is 14.6 Å². The maximum absolute atomic E-state index is 10.7. The first kappa shape index (κ1) is 14.4. The van der Waals surface area contributed by atoms with Crippen LogP contribution in [0.4, 0.5) is 0 Å². The maximum atomic E-state index is 10.7. The molecule has 5 nitrogen and oxygen atoms in total. The Morgan fingerprint density at radius 1 is 1.60 bits per heavy atom. The van der Waals surface area contributed by atoms with E-state index in [4.69, 9.17) is 15.1 Å². The van der Waals surface area contributed by atoms with Crippen molar-refractivity contribution in [3.63, 3.8) is 0 Å². The molecular weight excluding hydrogens is 256 g/mol. The molecular formula is C15H18N2O3. The summed E-state index contributed by atoms with van der Waals surface area (Å²) in [6, 6.07) is 7.71. The van der Waals surface area contributed by atoms with Gasteiger partial charge in [-0.2, -0.15) is 5.26 Å². The largest absolute Gasteiger partial charge is 0.495 e. The van der Waals surface area contributed by atoms with Crippen LogP contribution < -0.4 is 4.74 Å². The van der Waals surface area contributed by atoms with Gasteiger partial charge in [0.2, 0.25) is 0 Å². The molecule has 2 rings (SSSR count). The number of carboxylic acid groups (broad SMARTS) is 1. The van der Waals surface area contributed by atoms with Gasteiger partial charge in [0, 0.05) is 19.5 Å². The van der Waals surface area contributed by atoms with Gasteiger partial charge in [-0.1, -0.05) is 6.07 Å². The Kier molecular flexibility index (Phi) is 4.59. The molecule has 1 heterocycles. The fourth-order valence-electron chi connectivity index (χ4n) is 2.67. The van der Waals surface area contributed by atoms with Crippen molar-refractivity contribution in [3.05, 3.63) is 29.3 Å². The smallest absolute Gasteiger partial charge is 0.303 e. The molecule has 106 valence electrons. The number of carboxylic acids is 1. The van der Waals surface area contributed by atoms with Gasteiger partial charge in [-0.05, 0) is 36.6 Å². The minimum absolute atomic E-state index is 0.237. The van der Waals surface area contributed by atoms with E-state index in [9.17, 15) is 4.79 Å². The molecule has 1 N–H and O–H groups in total. The Balaban J connectivity index is 1.98. The molecule has 1 saturated heterocycles. The van der Waals surface area contributed by atoms with Crippen LogP contribution in [-0.2, 0) is 11.3 Å². The normalized spacial score (nSPS) is 18.7. The molecule has 0 aromatic heterocycles. The van der Waals surface area contributed by atoms with Crippen LogP contribution in [0.1, 0.15) is 24.0 Å². The van der Waals surface area contributed by atoms with Crippen LogP contribution in [0.5, 0.6) is 5.75 Å². The van der Waals surface area contributed by atoms with Gasteiger partial charge in [0.15, 0.2) is 0 Å². The summed E-state index contributed by atoms with van der Waals surface area (Å²) in [6.45, 7) is 2.46. The summed E-state index contributed by atoms with van der Waals surface area (Å²) in [5, 5.41) is 17.9. The van der Waals surface area contributed by atoms with Crippen LogP contribution in [0.25, 0.3) is 0 Å². The molecule has 0 radical (unpaired) electrons. The molecule has 1 aliphatic rings. The van der Waals surface area contributed by atoms with Crippen LogP contribution in [-0.4, -0.2) is 36.2 Å². The van der Waals surface area contributed by atoms with Crippen molar-refractivity contribution in [2.24, 2.45) is 5.92 Å². The van der Waals surface area contributed by atoms with E-state index in [0.717, 1.165) is 31.6 Å². The Labute approximate surface area is 118 Å². The van der Waals surface area contributed by atoms with Crippen LogP contribution in [0.15, 0.2) is 18.2 Å². The van der Waals surface area contributed by atoms with E-state index in [1.165, 1.54) is 0 Å². The number of ether oxygens (including phenoxy) is 1. The zero-order valence-corrected chi connectivity index (χ0v) is 11.5. The number of aliphatic carboxylic acids is 1. The first-order chi connectivity index (χ1) is 9.62. The van der Waals surface area contributed by atoms with Gasteiger partial charge in [-0.25, -0.2) is 0 Å². The Hall–Kier alpha value is -2.06. The lowest BCUT2D eigenvalue weighted by Gasteiger charge is -2.16. The molecule has 1 fully saturated rings. The molecule has 0 spiro atoms. The fourth-order valence-corrected chi connectivity index (χ4v) is 2.67. The number of hydrogen-bond acceptors (Lipinski definition) is 4. The van der Waals surface area contributed by atoms with Crippen molar-refractivity contribution in [1.29, 1.82) is 5.26 Å². The summed E-state index contributed by atoms with van der Waals surface area (Å²) in [4.78, 5) is 12.9. The molecule has 5 heteroatoms. The van der Waals surface area contributed by atoms with Gasteiger partial charge in [0.25, 0.3) is 0 Å². The minimum Gasteiger partial charge on any atom is -0.495 e. The van der Waals surface area contributed by atoms with Crippen molar-refractivity contribution in [2.45, 2.75) is 19.4 Å². The third-order valence-electron chi connectivity index (χ3n) is 3.62. The van der Waals surface area contributed by atoms with Gasteiger partial charge >= 0.3 is 5.97 Å². The lowest BCUT2D eigenvalue weighted by molar-refractivity contribution is -0.138. The van der Waals surface area contributed by atoms with E-state index in [1.54, 1.807) is 13.2 Å². The van der Waals surface area contributed by atoms with Crippen LogP contribution in [0.2, 0.25) is 0 Å². The molecule has 1 aliphatic heterocycles. The van der Waals surface area contributed by atoms with Crippen LogP contribution >= 0.6 is 0 Å². The van der Waals surface area contributed by atoms with E-state index in [-0.39, 0.29) is 12.3 Å². The van der Waals surface area contributed by atoms with Crippen LogP contribution in [0.3, 0.4) is 0 Å². The topological polar surface area (TPSA) is 73.6 Å². The summed E-state index contributed by atoms with van der Waals surface area (Å²) in [7, 11) is 1.55. The Bertz CT molecular complexity index is 536. The Morgan fingerprint density at radius 3 is 3.05 bits per heavy atom. The monoisotopic (exact) mass is 274 g/mol. The lowest BCUT2D eigenvalue weighted by Crippen LogP contribution is -2.21. The highest BCUT2D eigenvalue weighted by atomic mass is 16.5. The number of benzene rings is 1. The van der Waals surface area contributed by atoms with Crippen molar-refractivity contribution >= 4 is 5.97 Å². The lowest BCUT2D eigenvalue weighted by atomic mass is 10.1. The summed E-state index contributed by atoms with van der Waals surface area (Å²) in [5.41, 5.74) is 1.59. The highest BCUT2D eigenvalue weighted by molar-refractivity contribution is 5.67. The second kappa shape index (κ2) is 6.40. The predicted octanol–water partition coefficient (Wildman–Crippen LogP) is 1.86. The quantitative estimate of drug-likeness (QED) is 0.887. The average Bonchev–Trinajstić information content (AvgIpc) is 2.85. The second-order valence-corrected chi connectivity index (χ2v) is 5.13. The van der Waals surface area contributed by atoms with Crippen molar-refractivity contribution in [3.8, 4) is 11.8 Å². The van der Waals surface area contributed by atoms with E-state index in [0.29, 0.717) is 11.3 Å². The summed E-state index contributed by atoms with van der Waals surface area (Å²) in [6.07, 6.45) is 1.16. The molecule has 0 bridgehead atoms. The molecule has 0 amide bonds. The molecule has 1 aromatic carbocycles. The minimum atomic E-state index is -0.729. The third kappa shape index (κ3) is 3.49. The SMILES string of the molecule is COc1ccc(CN2CCC(CC(=O)O)C2)cc1C#N. The van der Waals surface area contributed by atoms with Crippen LogP contribution in [0, 0.1) is 17.2 Å². The first-order valence-corrected chi connectivity index (χ1v) is 6.63. The second-order valence-electron chi connectivity index (χ2n) is 5.13. The highest BCUT2D eigenvalue weighted by Gasteiger charge is 2.24. The average molecular weight is 274 g/mol. The number of nitriles is 1. The number of rotatable bonds is 5. The summed E-state index contributed by atoms with van der Waals surface area (Å²) in [5.74, 6) is 0.0932. The third-order valence-corrected chi connectivity index (χ3v) is 3.62. The zero-order valence-electron chi connectivity index (χ0n) is 11.5. The molecule has 0 aliphatic carbocycles. The Morgan fingerprint density at radius 2 is 2.40 bits per heavy atom. The molecule has 0 saturated carbocycles. The van der Waals surface area contributed by atoms with Gasteiger partial charge in [0.05, 0.1) is 12.7 Å². The van der Waals surface area contributed by atoms with E-state index >= 15 is 0 Å². The predicted molar refractivity (Wildman–Crippen MR) is 73.3 cm³/mol. The maximum Gasteiger partial charge on any atom is 0.303 e. The van der Waals surface area contributed by atoms with E-state index in [2.05, 4.69) is 11.0 Å². The number of likely N-dealkylation sites (tertiary alicyclic amines) is 1. The number of methoxy groups -OCH3 is 1. The van der Waals surface area contributed by atoms with Gasteiger partial charge in [0.1, 0.15) is 11.8 Å². The standard InChI is InChI=1S/C15H18N2O3/c1-20-14-3-2-11(6-13(14)8-16)9-17-5-4-12(10-17)7-15(18)19/h2-3,6,12H,4-5,7,9-10H2,1H3,(H,18,19). The van der Waals surface area contributed by atoms with Crippen molar-refractivity contribution in [1.82, 2.24) is 4.90 Å². The summed E-state index contributed by atoms with van der Waals surface area (Å²) >= 11 is 0. The molecule has 1 aromatic rings. The zero-order chi connectivity index (χ0) is 14.5. The molecule has 1 unspecified atom stereocenters. The number of hydrogen-bond donors (Lipinski definition) is 1. The first-order valence-electron chi connectivity index (χ1n) is 6.63. The number of nitrogens with zero attached hydrogens (tertiary/aromatic N) is 2. The highest BCUT2D eigenvalue weighted by Crippen LogP contribution is 2.24. The van der Waals surface area contributed by atoms with Gasteiger partial charge in [-0.3, -0.25) is 9.69 Å². The fraction of sp³-hybridized carbons (Fsp3) is 0.467. The van der Waals surface area contributed by atoms with Gasteiger partial charge < -0.3 is 9.84 Å². The molecule has 20 heavy (non-hydrogen) atoms.